The molecule has 8 heteroatoms. The standard InChI is InChI=1S/C10H16N6O2/c1-3-6-4-7(6)13-9-8(16(17)18)5(2)12-10(14-9)15-11/h6-7H,3-4,11H2,1-2H3,(H2,12,13,14,15). The molecule has 0 spiro atoms. The number of hydrogen-bond acceptors (Lipinski definition) is 7. The number of nitro groups is 1. The number of anilines is 2. The maximum absolute atomic E-state index is 11.0. The van der Waals surface area contributed by atoms with E-state index in [1.807, 2.05) is 0 Å². The fourth-order valence-electron chi connectivity index (χ4n) is 2.00. The van der Waals surface area contributed by atoms with E-state index in [4.69, 9.17) is 5.84 Å². The molecule has 18 heavy (non-hydrogen) atoms. The van der Waals surface area contributed by atoms with Gasteiger partial charge in [0.25, 0.3) is 0 Å². The van der Waals surface area contributed by atoms with E-state index in [1.165, 1.54) is 0 Å². The third-order valence-corrected chi connectivity index (χ3v) is 3.14. The lowest BCUT2D eigenvalue weighted by atomic mass is 10.3. The van der Waals surface area contributed by atoms with Gasteiger partial charge in [-0.2, -0.15) is 4.98 Å². The zero-order chi connectivity index (χ0) is 13.3. The van der Waals surface area contributed by atoms with Crippen LogP contribution in [0.4, 0.5) is 17.5 Å². The summed E-state index contributed by atoms with van der Waals surface area (Å²) < 4.78 is 0. The van der Waals surface area contributed by atoms with Gasteiger partial charge in [-0.3, -0.25) is 15.5 Å². The van der Waals surface area contributed by atoms with Crippen molar-refractivity contribution >= 4 is 17.5 Å². The molecule has 0 saturated heterocycles. The summed E-state index contributed by atoms with van der Waals surface area (Å²) in [7, 11) is 0. The average Bonchev–Trinajstić information content (AvgIpc) is 3.06. The highest BCUT2D eigenvalue weighted by Crippen LogP contribution is 2.38. The van der Waals surface area contributed by atoms with Crippen molar-refractivity contribution in [3.05, 3.63) is 15.8 Å². The largest absolute Gasteiger partial charge is 0.361 e. The smallest absolute Gasteiger partial charge is 0.332 e. The summed E-state index contributed by atoms with van der Waals surface area (Å²) in [5.41, 5.74) is 2.51. The fraction of sp³-hybridized carbons (Fsp3) is 0.600. The Labute approximate surface area is 104 Å². The van der Waals surface area contributed by atoms with Crippen molar-refractivity contribution in [1.29, 1.82) is 0 Å². The summed E-state index contributed by atoms with van der Waals surface area (Å²) in [6, 6.07) is 0.258. The van der Waals surface area contributed by atoms with Crippen LogP contribution in [0.5, 0.6) is 0 Å². The van der Waals surface area contributed by atoms with Gasteiger partial charge in [0, 0.05) is 6.04 Å². The number of nitrogens with one attached hydrogen (secondary N) is 2. The molecule has 0 amide bonds. The molecule has 1 aliphatic rings. The van der Waals surface area contributed by atoms with Crippen molar-refractivity contribution < 1.29 is 4.92 Å². The van der Waals surface area contributed by atoms with E-state index >= 15 is 0 Å². The van der Waals surface area contributed by atoms with Crippen LogP contribution < -0.4 is 16.6 Å². The first-order valence-electron chi connectivity index (χ1n) is 5.83. The van der Waals surface area contributed by atoms with Crippen molar-refractivity contribution in [2.45, 2.75) is 32.7 Å². The van der Waals surface area contributed by atoms with Gasteiger partial charge in [0.1, 0.15) is 5.69 Å². The maximum atomic E-state index is 11.0. The molecule has 2 atom stereocenters. The quantitative estimate of drug-likeness (QED) is 0.409. The van der Waals surface area contributed by atoms with Crippen LogP contribution in [0.3, 0.4) is 0 Å². The summed E-state index contributed by atoms with van der Waals surface area (Å²) in [5, 5.41) is 14.1. The Morgan fingerprint density at radius 2 is 2.28 bits per heavy atom. The summed E-state index contributed by atoms with van der Waals surface area (Å²) in [5.74, 6) is 6.22. The SMILES string of the molecule is CCC1CC1Nc1nc(NN)nc(C)c1[N+](=O)[O-]. The van der Waals surface area contributed by atoms with Gasteiger partial charge in [-0.1, -0.05) is 13.3 Å². The first-order valence-corrected chi connectivity index (χ1v) is 5.83. The van der Waals surface area contributed by atoms with Crippen molar-refractivity contribution in [1.82, 2.24) is 9.97 Å². The van der Waals surface area contributed by atoms with Gasteiger partial charge in [-0.05, 0) is 19.3 Å². The molecule has 98 valence electrons. The van der Waals surface area contributed by atoms with Crippen LogP contribution >= 0.6 is 0 Å². The molecule has 1 fully saturated rings. The van der Waals surface area contributed by atoms with Crippen molar-refractivity contribution in [2.24, 2.45) is 11.8 Å². The predicted molar refractivity (Wildman–Crippen MR) is 67.0 cm³/mol. The predicted octanol–water partition coefficient (Wildman–Crippen LogP) is 1.19. The Morgan fingerprint density at radius 1 is 1.56 bits per heavy atom. The Morgan fingerprint density at radius 3 is 2.78 bits per heavy atom. The molecule has 0 aliphatic heterocycles. The summed E-state index contributed by atoms with van der Waals surface area (Å²) in [6.45, 7) is 3.66. The highest BCUT2D eigenvalue weighted by molar-refractivity contribution is 5.61. The van der Waals surface area contributed by atoms with E-state index < -0.39 is 4.92 Å². The lowest BCUT2D eigenvalue weighted by molar-refractivity contribution is -0.385. The molecule has 1 saturated carbocycles. The monoisotopic (exact) mass is 252 g/mol. The number of rotatable bonds is 5. The molecule has 0 aromatic carbocycles. The molecule has 8 nitrogen and oxygen atoms in total. The number of hydrogen-bond donors (Lipinski definition) is 3. The van der Waals surface area contributed by atoms with Gasteiger partial charge < -0.3 is 5.32 Å². The first-order chi connectivity index (χ1) is 8.56. The van der Waals surface area contributed by atoms with E-state index in [0.29, 0.717) is 11.6 Å². The Bertz CT molecular complexity index is 478. The van der Waals surface area contributed by atoms with Crippen LogP contribution in [0.15, 0.2) is 0 Å². The third-order valence-electron chi connectivity index (χ3n) is 3.14. The molecule has 4 N–H and O–H groups in total. The molecule has 0 bridgehead atoms. The molecule has 2 rings (SSSR count). The van der Waals surface area contributed by atoms with Crippen LogP contribution in [0, 0.1) is 23.0 Å². The second-order valence-electron chi connectivity index (χ2n) is 4.39. The van der Waals surface area contributed by atoms with E-state index in [2.05, 4.69) is 27.6 Å². The van der Waals surface area contributed by atoms with Crippen LogP contribution in [0.1, 0.15) is 25.5 Å². The summed E-state index contributed by atoms with van der Waals surface area (Å²) in [6.07, 6.45) is 2.07. The van der Waals surface area contributed by atoms with Crippen molar-refractivity contribution in [2.75, 3.05) is 10.7 Å². The van der Waals surface area contributed by atoms with Crippen LogP contribution in [-0.2, 0) is 0 Å². The zero-order valence-corrected chi connectivity index (χ0v) is 10.3. The van der Waals surface area contributed by atoms with Crippen LogP contribution in [-0.4, -0.2) is 20.9 Å². The molecular weight excluding hydrogens is 236 g/mol. The molecule has 1 aliphatic carbocycles. The topological polar surface area (TPSA) is 119 Å². The zero-order valence-electron chi connectivity index (χ0n) is 10.3. The van der Waals surface area contributed by atoms with E-state index in [1.54, 1.807) is 6.92 Å². The molecule has 0 radical (unpaired) electrons. The van der Waals surface area contributed by atoms with Gasteiger partial charge in [0.2, 0.25) is 11.8 Å². The van der Waals surface area contributed by atoms with E-state index in [0.717, 1.165) is 12.8 Å². The highest BCUT2D eigenvalue weighted by Gasteiger charge is 2.37. The van der Waals surface area contributed by atoms with Crippen LogP contribution in [0.2, 0.25) is 0 Å². The lowest BCUT2D eigenvalue weighted by Crippen LogP contribution is -2.15. The van der Waals surface area contributed by atoms with Gasteiger partial charge in [-0.25, -0.2) is 10.8 Å². The van der Waals surface area contributed by atoms with Gasteiger partial charge in [0.05, 0.1) is 4.92 Å². The number of aromatic nitrogens is 2. The first kappa shape index (κ1) is 12.5. The number of aryl methyl sites for hydroxylation is 1. The lowest BCUT2D eigenvalue weighted by Gasteiger charge is -2.08. The van der Waals surface area contributed by atoms with Gasteiger partial charge in [-0.15, -0.1) is 0 Å². The summed E-state index contributed by atoms with van der Waals surface area (Å²) >= 11 is 0. The van der Waals surface area contributed by atoms with E-state index in [-0.39, 0.29) is 23.5 Å². The maximum Gasteiger partial charge on any atom is 0.332 e. The minimum absolute atomic E-state index is 0.0873. The van der Waals surface area contributed by atoms with E-state index in [9.17, 15) is 10.1 Å². The Hall–Kier alpha value is -1.96. The van der Waals surface area contributed by atoms with Gasteiger partial charge >= 0.3 is 5.69 Å². The Kier molecular flexibility index (Phi) is 3.28. The third kappa shape index (κ3) is 2.33. The van der Waals surface area contributed by atoms with Crippen molar-refractivity contribution in [3.63, 3.8) is 0 Å². The number of hydrazine groups is 1. The minimum Gasteiger partial charge on any atom is -0.361 e. The highest BCUT2D eigenvalue weighted by atomic mass is 16.6. The molecule has 1 aromatic rings. The van der Waals surface area contributed by atoms with Crippen molar-refractivity contribution in [3.8, 4) is 0 Å². The Balaban J connectivity index is 2.30. The fourth-order valence-corrected chi connectivity index (χ4v) is 2.00. The molecular formula is C10H16N6O2. The number of nitrogens with two attached hydrogens (primary N) is 1. The number of nitrogens with zero attached hydrogens (tertiary/aromatic N) is 3. The van der Waals surface area contributed by atoms with Gasteiger partial charge in [0.15, 0.2) is 0 Å². The number of nitrogen functional groups attached to an aromatic ring is 1. The normalized spacial score (nSPS) is 21.5. The second-order valence-corrected chi connectivity index (χ2v) is 4.39. The summed E-state index contributed by atoms with van der Waals surface area (Å²) in [4.78, 5) is 18.5. The average molecular weight is 252 g/mol. The molecule has 2 unspecified atom stereocenters. The van der Waals surface area contributed by atoms with Crippen LogP contribution in [0.25, 0.3) is 0 Å². The second kappa shape index (κ2) is 4.73. The molecule has 1 heterocycles. The molecule has 1 aromatic heterocycles. The minimum atomic E-state index is -0.471.